The molecule has 3 fully saturated rings. The maximum absolute atomic E-state index is 10.6. The van der Waals surface area contributed by atoms with Gasteiger partial charge in [-0.05, 0) is 25.7 Å². The normalized spacial score (nSPS) is 29.3. The molecule has 0 aliphatic heterocycles. The summed E-state index contributed by atoms with van der Waals surface area (Å²) in [5.74, 6) is 0.693. The number of aliphatic hydroxyl groups is 1. The molecule has 0 saturated heterocycles. The highest BCUT2D eigenvalue weighted by molar-refractivity contribution is 5.44. The molecule has 2 N–H and O–H groups in total. The highest BCUT2D eigenvalue weighted by Gasteiger charge is 2.94. The van der Waals surface area contributed by atoms with Crippen LogP contribution >= 0.6 is 0 Å². The molecule has 3 aliphatic carbocycles. The summed E-state index contributed by atoms with van der Waals surface area (Å²) in [4.78, 5) is 0. The van der Waals surface area contributed by atoms with Gasteiger partial charge in [-0.1, -0.05) is 0 Å². The molecule has 1 heterocycles. The van der Waals surface area contributed by atoms with Gasteiger partial charge in [0.05, 0.1) is 18.4 Å². The zero-order valence-corrected chi connectivity index (χ0v) is 9.20. The molecule has 0 unspecified atom stereocenters. The quantitative estimate of drug-likeness (QED) is 0.808. The first-order valence-corrected chi connectivity index (χ1v) is 6.09. The lowest BCUT2D eigenvalue weighted by Crippen LogP contribution is -2.18. The van der Waals surface area contributed by atoms with Gasteiger partial charge < -0.3 is 9.84 Å². The van der Waals surface area contributed by atoms with Crippen LogP contribution in [0.2, 0.25) is 0 Å². The molecule has 1 aromatic heterocycles. The number of rotatable bonds is 4. The number of hydrogen-bond donors (Lipinski definition) is 2. The van der Waals surface area contributed by atoms with Crippen molar-refractivity contribution in [2.24, 2.45) is 10.8 Å². The first kappa shape index (κ1) is 9.05. The molecular weight excluding hydrogens is 204 g/mol. The number of aromatic amines is 1. The molecule has 4 heteroatoms. The van der Waals surface area contributed by atoms with Crippen LogP contribution in [-0.2, 0) is 0 Å². The summed E-state index contributed by atoms with van der Waals surface area (Å²) < 4.78 is 5.53. The maximum atomic E-state index is 10.6. The number of H-pyrrole nitrogens is 1. The summed E-state index contributed by atoms with van der Waals surface area (Å²) in [6, 6.07) is 1.80. The summed E-state index contributed by atoms with van der Waals surface area (Å²) in [7, 11) is 0. The smallest absolute Gasteiger partial charge is 0.208 e. The summed E-state index contributed by atoms with van der Waals surface area (Å²) in [5.41, 5.74) is 0.231. The fraction of sp³-hybridized carbons (Fsp3) is 0.750. The van der Waals surface area contributed by atoms with Crippen molar-refractivity contribution in [3.05, 3.63) is 12.3 Å². The van der Waals surface area contributed by atoms with E-state index >= 15 is 0 Å². The molecule has 16 heavy (non-hydrogen) atoms. The number of fused-ring (bicyclic) bond motifs is 1. The lowest BCUT2D eigenvalue weighted by atomic mass is 10.1. The Morgan fingerprint density at radius 1 is 1.31 bits per heavy atom. The number of nitrogens with one attached hydrogen (secondary N) is 1. The van der Waals surface area contributed by atoms with Crippen molar-refractivity contribution in [3.8, 4) is 5.88 Å². The molecule has 0 amide bonds. The molecule has 1 aromatic rings. The van der Waals surface area contributed by atoms with E-state index in [1.165, 1.54) is 25.7 Å². The molecule has 0 aromatic carbocycles. The van der Waals surface area contributed by atoms with Crippen molar-refractivity contribution in [2.75, 3.05) is 6.61 Å². The molecule has 3 aliphatic rings. The molecule has 4 nitrogen and oxygen atoms in total. The highest BCUT2D eigenvalue weighted by atomic mass is 16.5. The van der Waals surface area contributed by atoms with Crippen LogP contribution in [0.3, 0.4) is 0 Å². The largest absolute Gasteiger partial charge is 0.478 e. The van der Waals surface area contributed by atoms with Crippen LogP contribution in [0.4, 0.5) is 0 Å². The Morgan fingerprint density at radius 3 is 2.50 bits per heavy atom. The van der Waals surface area contributed by atoms with Crippen LogP contribution in [0.5, 0.6) is 5.88 Å². The van der Waals surface area contributed by atoms with E-state index in [9.17, 15) is 5.11 Å². The summed E-state index contributed by atoms with van der Waals surface area (Å²) in [6.45, 7) is 0.586. The number of nitrogens with zero attached hydrogens (tertiary/aromatic N) is 1. The lowest BCUT2D eigenvalue weighted by Gasteiger charge is -2.10. The van der Waals surface area contributed by atoms with Crippen molar-refractivity contribution in [2.45, 2.75) is 37.7 Å². The molecule has 0 radical (unpaired) electrons. The van der Waals surface area contributed by atoms with E-state index in [0.717, 1.165) is 6.42 Å². The number of ether oxygens (including phenoxy) is 1. The minimum Gasteiger partial charge on any atom is -0.478 e. The molecule has 2 spiro atoms. The van der Waals surface area contributed by atoms with E-state index in [1.54, 1.807) is 12.3 Å². The van der Waals surface area contributed by atoms with Gasteiger partial charge in [-0.2, -0.15) is 5.10 Å². The van der Waals surface area contributed by atoms with Crippen molar-refractivity contribution in [3.63, 3.8) is 0 Å². The summed E-state index contributed by atoms with van der Waals surface area (Å²) in [6.07, 6.45) is 7.36. The first-order chi connectivity index (χ1) is 7.74. The minimum atomic E-state index is -0.403. The maximum Gasteiger partial charge on any atom is 0.208 e. The zero-order valence-electron chi connectivity index (χ0n) is 9.20. The average molecular weight is 220 g/mol. The van der Waals surface area contributed by atoms with E-state index in [1.807, 2.05) is 0 Å². The Kier molecular flexibility index (Phi) is 1.39. The second kappa shape index (κ2) is 2.45. The van der Waals surface area contributed by atoms with Crippen LogP contribution in [0.1, 0.15) is 32.1 Å². The van der Waals surface area contributed by atoms with E-state index in [2.05, 4.69) is 10.2 Å². The molecule has 0 atom stereocenters. The van der Waals surface area contributed by atoms with E-state index < -0.39 is 5.60 Å². The second-order valence-corrected chi connectivity index (χ2v) is 5.54. The van der Waals surface area contributed by atoms with Crippen molar-refractivity contribution in [1.82, 2.24) is 10.2 Å². The lowest BCUT2D eigenvalue weighted by molar-refractivity contribution is 0.0810. The standard InChI is InChI=1S/C12H16N2O2/c15-12(6-8-16-9-1-7-13-14-9)10(2-3-10)11(12)4-5-11/h1,7,15H,2-6,8H2,(H,13,14). The first-order valence-electron chi connectivity index (χ1n) is 6.09. The van der Waals surface area contributed by atoms with Crippen LogP contribution in [0.25, 0.3) is 0 Å². The van der Waals surface area contributed by atoms with Crippen molar-refractivity contribution in [1.29, 1.82) is 0 Å². The van der Waals surface area contributed by atoms with Crippen LogP contribution < -0.4 is 4.74 Å². The molecule has 4 rings (SSSR count). The fourth-order valence-electron chi connectivity index (χ4n) is 4.05. The fourth-order valence-corrected chi connectivity index (χ4v) is 4.05. The van der Waals surface area contributed by atoms with Gasteiger partial charge in [0.15, 0.2) is 0 Å². The predicted molar refractivity (Wildman–Crippen MR) is 57.0 cm³/mol. The molecule has 0 bridgehead atoms. The van der Waals surface area contributed by atoms with Crippen LogP contribution in [0.15, 0.2) is 12.3 Å². The van der Waals surface area contributed by atoms with Gasteiger partial charge in [0.1, 0.15) is 0 Å². The topological polar surface area (TPSA) is 58.1 Å². The van der Waals surface area contributed by atoms with Gasteiger partial charge in [-0.3, -0.25) is 0 Å². The Hall–Kier alpha value is -1.03. The van der Waals surface area contributed by atoms with Gasteiger partial charge in [0.2, 0.25) is 5.88 Å². The minimum absolute atomic E-state index is 0.317. The predicted octanol–water partition coefficient (Wildman–Crippen LogP) is 1.48. The van der Waals surface area contributed by atoms with Gasteiger partial charge in [-0.15, -0.1) is 0 Å². The van der Waals surface area contributed by atoms with Crippen LogP contribution in [-0.4, -0.2) is 27.5 Å². The van der Waals surface area contributed by atoms with Gasteiger partial charge in [-0.25, -0.2) is 5.10 Å². The third kappa shape index (κ3) is 0.808. The SMILES string of the molecule is OC1(CCOc2ccn[nH]2)C2(CC2)C12CC2. The summed E-state index contributed by atoms with van der Waals surface area (Å²) >= 11 is 0. The third-order valence-electron chi connectivity index (χ3n) is 5.13. The Labute approximate surface area is 94.0 Å². The molecule has 3 saturated carbocycles. The Morgan fingerprint density at radius 2 is 2.00 bits per heavy atom. The third-order valence-corrected chi connectivity index (χ3v) is 5.13. The van der Waals surface area contributed by atoms with Gasteiger partial charge in [0.25, 0.3) is 0 Å². The Balaban J connectivity index is 1.39. The van der Waals surface area contributed by atoms with E-state index in [0.29, 0.717) is 23.3 Å². The zero-order chi connectivity index (χ0) is 10.9. The van der Waals surface area contributed by atoms with Crippen LogP contribution in [0, 0.1) is 10.8 Å². The van der Waals surface area contributed by atoms with Crippen molar-refractivity contribution < 1.29 is 9.84 Å². The summed E-state index contributed by atoms with van der Waals surface area (Å²) in [5, 5.41) is 17.2. The highest BCUT2D eigenvalue weighted by Crippen LogP contribution is 2.94. The second-order valence-electron chi connectivity index (χ2n) is 5.54. The van der Waals surface area contributed by atoms with E-state index in [4.69, 9.17) is 4.74 Å². The number of aromatic nitrogens is 2. The molecule has 86 valence electrons. The monoisotopic (exact) mass is 220 g/mol. The van der Waals surface area contributed by atoms with Gasteiger partial charge in [0, 0.05) is 23.3 Å². The van der Waals surface area contributed by atoms with E-state index in [-0.39, 0.29) is 0 Å². The Bertz CT molecular complexity index is 400. The van der Waals surface area contributed by atoms with Gasteiger partial charge >= 0.3 is 0 Å². The number of hydrogen-bond acceptors (Lipinski definition) is 3. The molecular formula is C12H16N2O2. The van der Waals surface area contributed by atoms with Crippen molar-refractivity contribution >= 4 is 0 Å². The average Bonchev–Trinajstić information content (AvgIpc) is 3.19.